The van der Waals surface area contributed by atoms with Gasteiger partial charge in [-0.3, -0.25) is 0 Å². The molecule has 2 rings (SSSR count). The zero-order valence-electron chi connectivity index (χ0n) is 8.15. The second-order valence-corrected chi connectivity index (χ2v) is 3.62. The molecule has 0 aliphatic heterocycles. The number of phenols is 1. The van der Waals surface area contributed by atoms with Crippen LogP contribution < -0.4 is 0 Å². The van der Waals surface area contributed by atoms with Crippen molar-refractivity contribution in [2.24, 2.45) is 0 Å². The standard InChI is InChI=1S/C13H11ClO/c14-9-10-6-7-12(13(15)8-10)11-4-2-1-3-5-11/h1-8,15H,9H2. The van der Waals surface area contributed by atoms with Crippen molar-refractivity contribution in [3.63, 3.8) is 0 Å². The highest BCUT2D eigenvalue weighted by Crippen LogP contribution is 2.29. The molecule has 2 heteroatoms. The molecule has 0 aromatic heterocycles. The van der Waals surface area contributed by atoms with Crippen LogP contribution >= 0.6 is 11.6 Å². The van der Waals surface area contributed by atoms with Gasteiger partial charge in [0.15, 0.2) is 0 Å². The number of benzene rings is 2. The molecule has 0 spiro atoms. The van der Waals surface area contributed by atoms with Crippen LogP contribution in [0.5, 0.6) is 5.75 Å². The molecule has 0 aliphatic carbocycles. The van der Waals surface area contributed by atoms with Gasteiger partial charge in [-0.1, -0.05) is 42.5 Å². The summed E-state index contributed by atoms with van der Waals surface area (Å²) in [5.74, 6) is 0.696. The van der Waals surface area contributed by atoms with E-state index in [1.54, 1.807) is 6.07 Å². The minimum absolute atomic E-state index is 0.277. The van der Waals surface area contributed by atoms with Gasteiger partial charge in [-0.2, -0.15) is 0 Å². The van der Waals surface area contributed by atoms with Crippen LogP contribution in [0.1, 0.15) is 5.56 Å². The van der Waals surface area contributed by atoms with Crippen molar-refractivity contribution in [2.45, 2.75) is 5.88 Å². The first-order chi connectivity index (χ1) is 7.31. The van der Waals surface area contributed by atoms with Crippen LogP contribution in [0.25, 0.3) is 11.1 Å². The van der Waals surface area contributed by atoms with Crippen molar-refractivity contribution in [1.29, 1.82) is 0 Å². The van der Waals surface area contributed by atoms with Crippen molar-refractivity contribution in [1.82, 2.24) is 0 Å². The Labute approximate surface area is 94.0 Å². The minimum atomic E-state index is 0.277. The van der Waals surface area contributed by atoms with Crippen LogP contribution in [-0.2, 0) is 5.88 Å². The highest BCUT2D eigenvalue weighted by molar-refractivity contribution is 6.17. The Kier molecular flexibility index (Phi) is 2.93. The van der Waals surface area contributed by atoms with Crippen molar-refractivity contribution in [3.8, 4) is 16.9 Å². The number of hydrogen-bond acceptors (Lipinski definition) is 1. The molecule has 76 valence electrons. The van der Waals surface area contributed by atoms with E-state index in [1.165, 1.54) is 0 Å². The van der Waals surface area contributed by atoms with Gasteiger partial charge < -0.3 is 5.11 Å². The second kappa shape index (κ2) is 4.37. The summed E-state index contributed by atoms with van der Waals surface area (Å²) in [6.45, 7) is 0. The third kappa shape index (κ3) is 2.13. The average molecular weight is 219 g/mol. The molecule has 0 unspecified atom stereocenters. The van der Waals surface area contributed by atoms with Gasteiger partial charge in [0.2, 0.25) is 0 Å². The Morgan fingerprint density at radius 3 is 2.33 bits per heavy atom. The Bertz CT molecular complexity index is 451. The Morgan fingerprint density at radius 2 is 1.73 bits per heavy atom. The lowest BCUT2D eigenvalue weighted by atomic mass is 10.0. The smallest absolute Gasteiger partial charge is 0.123 e. The van der Waals surface area contributed by atoms with E-state index in [0.717, 1.165) is 16.7 Å². The Balaban J connectivity index is 2.46. The quantitative estimate of drug-likeness (QED) is 0.761. The minimum Gasteiger partial charge on any atom is -0.507 e. The maximum absolute atomic E-state index is 9.82. The van der Waals surface area contributed by atoms with Gasteiger partial charge in [0.25, 0.3) is 0 Å². The molecule has 0 saturated heterocycles. The molecule has 1 nitrogen and oxygen atoms in total. The lowest BCUT2D eigenvalue weighted by Gasteiger charge is -2.05. The van der Waals surface area contributed by atoms with Crippen LogP contribution in [0.4, 0.5) is 0 Å². The lowest BCUT2D eigenvalue weighted by molar-refractivity contribution is 0.477. The van der Waals surface area contributed by atoms with Crippen molar-refractivity contribution < 1.29 is 5.11 Å². The van der Waals surface area contributed by atoms with Crippen LogP contribution in [0.2, 0.25) is 0 Å². The fourth-order valence-corrected chi connectivity index (χ4v) is 1.69. The fraction of sp³-hybridized carbons (Fsp3) is 0.0769. The third-order valence-corrected chi connectivity index (χ3v) is 2.61. The van der Waals surface area contributed by atoms with Gasteiger partial charge in [-0.05, 0) is 17.2 Å². The zero-order valence-corrected chi connectivity index (χ0v) is 8.91. The molecule has 0 saturated carbocycles. The predicted octanol–water partition coefficient (Wildman–Crippen LogP) is 3.80. The number of alkyl halides is 1. The number of aromatic hydroxyl groups is 1. The number of rotatable bonds is 2. The highest BCUT2D eigenvalue weighted by Gasteiger charge is 2.03. The van der Waals surface area contributed by atoms with Crippen molar-refractivity contribution in [3.05, 3.63) is 54.1 Å². The summed E-state index contributed by atoms with van der Waals surface area (Å²) in [6.07, 6.45) is 0. The zero-order chi connectivity index (χ0) is 10.7. The van der Waals surface area contributed by atoms with Crippen LogP contribution in [0, 0.1) is 0 Å². The molecule has 0 amide bonds. The molecule has 2 aromatic rings. The highest BCUT2D eigenvalue weighted by atomic mass is 35.5. The van der Waals surface area contributed by atoms with E-state index in [1.807, 2.05) is 42.5 Å². The first kappa shape index (κ1) is 10.1. The molecule has 15 heavy (non-hydrogen) atoms. The van der Waals surface area contributed by atoms with Gasteiger partial charge >= 0.3 is 0 Å². The predicted molar refractivity (Wildman–Crippen MR) is 63.1 cm³/mol. The summed E-state index contributed by atoms with van der Waals surface area (Å²) >= 11 is 5.69. The monoisotopic (exact) mass is 218 g/mol. The van der Waals surface area contributed by atoms with E-state index in [4.69, 9.17) is 11.6 Å². The van der Waals surface area contributed by atoms with Gasteiger partial charge in [-0.25, -0.2) is 0 Å². The first-order valence-corrected chi connectivity index (χ1v) is 5.28. The Morgan fingerprint density at radius 1 is 1.00 bits per heavy atom. The lowest BCUT2D eigenvalue weighted by Crippen LogP contribution is -1.82. The largest absolute Gasteiger partial charge is 0.507 e. The van der Waals surface area contributed by atoms with Crippen LogP contribution in [0.3, 0.4) is 0 Å². The normalized spacial score (nSPS) is 10.2. The number of halogens is 1. The van der Waals surface area contributed by atoms with Crippen LogP contribution in [0.15, 0.2) is 48.5 Å². The summed E-state index contributed by atoms with van der Waals surface area (Å²) < 4.78 is 0. The first-order valence-electron chi connectivity index (χ1n) is 4.74. The Hall–Kier alpha value is -1.47. The summed E-state index contributed by atoms with van der Waals surface area (Å²) in [5, 5.41) is 9.82. The van der Waals surface area contributed by atoms with Gasteiger partial charge in [-0.15, -0.1) is 11.6 Å². The van der Waals surface area contributed by atoms with E-state index in [-0.39, 0.29) is 5.75 Å². The molecule has 0 bridgehead atoms. The van der Waals surface area contributed by atoms with E-state index in [9.17, 15) is 5.11 Å². The third-order valence-electron chi connectivity index (χ3n) is 2.30. The molecule has 0 fully saturated rings. The molecular formula is C13H11ClO. The van der Waals surface area contributed by atoms with Crippen molar-refractivity contribution >= 4 is 11.6 Å². The molecule has 0 atom stereocenters. The van der Waals surface area contributed by atoms with Gasteiger partial charge in [0.05, 0.1) is 0 Å². The van der Waals surface area contributed by atoms with Crippen LogP contribution in [-0.4, -0.2) is 5.11 Å². The topological polar surface area (TPSA) is 20.2 Å². The van der Waals surface area contributed by atoms with Gasteiger partial charge in [0.1, 0.15) is 5.75 Å². The molecule has 2 aromatic carbocycles. The van der Waals surface area contributed by atoms with E-state index >= 15 is 0 Å². The molecule has 0 aliphatic rings. The van der Waals surface area contributed by atoms with E-state index in [2.05, 4.69) is 0 Å². The second-order valence-electron chi connectivity index (χ2n) is 3.35. The summed E-state index contributed by atoms with van der Waals surface area (Å²) in [4.78, 5) is 0. The summed E-state index contributed by atoms with van der Waals surface area (Å²) in [7, 11) is 0. The maximum Gasteiger partial charge on any atom is 0.123 e. The SMILES string of the molecule is Oc1cc(CCl)ccc1-c1ccccc1. The molecule has 0 radical (unpaired) electrons. The number of phenolic OH excluding ortho intramolecular Hbond substituents is 1. The van der Waals surface area contributed by atoms with Gasteiger partial charge in [0, 0.05) is 11.4 Å². The summed E-state index contributed by atoms with van der Waals surface area (Å²) in [5.41, 5.74) is 2.77. The van der Waals surface area contributed by atoms with Crippen molar-refractivity contribution in [2.75, 3.05) is 0 Å². The molecule has 1 N–H and O–H groups in total. The average Bonchev–Trinajstić information content (AvgIpc) is 2.30. The molecular weight excluding hydrogens is 208 g/mol. The fourth-order valence-electron chi connectivity index (χ4n) is 1.52. The van der Waals surface area contributed by atoms with E-state index in [0.29, 0.717) is 5.88 Å². The van der Waals surface area contributed by atoms with E-state index < -0.39 is 0 Å². The summed E-state index contributed by atoms with van der Waals surface area (Å²) in [6, 6.07) is 15.3. The number of hydrogen-bond donors (Lipinski definition) is 1. The maximum atomic E-state index is 9.82. The molecule has 0 heterocycles.